The van der Waals surface area contributed by atoms with Gasteiger partial charge in [-0.05, 0) is 19.4 Å². The maximum atomic E-state index is 12.8. The first-order valence-corrected chi connectivity index (χ1v) is 8.93. The van der Waals surface area contributed by atoms with Crippen molar-refractivity contribution in [2.24, 2.45) is 0 Å². The van der Waals surface area contributed by atoms with Crippen molar-refractivity contribution < 1.29 is 14.3 Å². The van der Waals surface area contributed by atoms with Gasteiger partial charge in [0.1, 0.15) is 13.2 Å². The first-order valence-electron chi connectivity index (χ1n) is 8.11. The summed E-state index contributed by atoms with van der Waals surface area (Å²) < 4.78 is 12.1. The number of hydrogen-bond donors (Lipinski definition) is 1. The molecule has 128 valence electrons. The van der Waals surface area contributed by atoms with Gasteiger partial charge in [-0.2, -0.15) is 0 Å². The summed E-state index contributed by atoms with van der Waals surface area (Å²) in [5.41, 5.74) is 1.11. The summed E-state index contributed by atoms with van der Waals surface area (Å²) in [5, 5.41) is 3.52. The lowest BCUT2D eigenvalue weighted by atomic mass is 9.84. The number of carbonyl (C=O) groups excluding carboxylic acids is 1. The SMILES string of the molecule is CC(C)(C(=O)Nc1nc2cc3c(cc2s1)OCCO3)c1ccccc1. The lowest BCUT2D eigenvalue weighted by Crippen LogP contribution is -2.34. The zero-order valence-corrected chi connectivity index (χ0v) is 14.9. The molecule has 1 aromatic heterocycles. The van der Waals surface area contributed by atoms with E-state index in [9.17, 15) is 4.79 Å². The highest BCUT2D eigenvalue weighted by molar-refractivity contribution is 7.22. The van der Waals surface area contributed by atoms with Crippen LogP contribution in [0.3, 0.4) is 0 Å². The fourth-order valence-electron chi connectivity index (χ4n) is 2.76. The third-order valence-corrected chi connectivity index (χ3v) is 5.27. The van der Waals surface area contributed by atoms with Crippen molar-refractivity contribution in [3.63, 3.8) is 0 Å². The molecule has 0 aliphatic carbocycles. The maximum absolute atomic E-state index is 12.8. The van der Waals surface area contributed by atoms with Gasteiger partial charge >= 0.3 is 0 Å². The van der Waals surface area contributed by atoms with E-state index in [-0.39, 0.29) is 5.91 Å². The Morgan fingerprint density at radius 1 is 1.12 bits per heavy atom. The largest absolute Gasteiger partial charge is 0.486 e. The van der Waals surface area contributed by atoms with E-state index in [2.05, 4.69) is 10.3 Å². The van der Waals surface area contributed by atoms with Gasteiger partial charge in [0, 0.05) is 12.1 Å². The molecule has 2 heterocycles. The van der Waals surface area contributed by atoms with Crippen LogP contribution in [0.15, 0.2) is 42.5 Å². The van der Waals surface area contributed by atoms with Crippen LogP contribution in [0, 0.1) is 0 Å². The number of ether oxygens (including phenoxy) is 2. The molecule has 1 aliphatic heterocycles. The van der Waals surface area contributed by atoms with Crippen LogP contribution in [0.25, 0.3) is 10.2 Å². The molecule has 1 N–H and O–H groups in total. The molecule has 0 saturated carbocycles. The molecular formula is C19H18N2O3S. The third-order valence-electron chi connectivity index (χ3n) is 4.34. The van der Waals surface area contributed by atoms with Gasteiger partial charge < -0.3 is 14.8 Å². The zero-order chi connectivity index (χ0) is 17.4. The molecule has 0 fully saturated rings. The molecule has 4 rings (SSSR count). The Morgan fingerprint density at radius 3 is 2.52 bits per heavy atom. The molecule has 0 atom stereocenters. The summed E-state index contributed by atoms with van der Waals surface area (Å²) in [5.74, 6) is 1.34. The van der Waals surface area contributed by atoms with Crippen LogP contribution in [0.5, 0.6) is 11.5 Å². The van der Waals surface area contributed by atoms with Crippen LogP contribution in [-0.2, 0) is 10.2 Å². The van der Waals surface area contributed by atoms with Gasteiger partial charge in [0.2, 0.25) is 5.91 Å². The molecule has 6 heteroatoms. The van der Waals surface area contributed by atoms with E-state index >= 15 is 0 Å². The number of thiazole rings is 1. The summed E-state index contributed by atoms with van der Waals surface area (Å²) in [6, 6.07) is 13.5. The number of aromatic nitrogens is 1. The minimum absolute atomic E-state index is 0.0879. The Kier molecular flexibility index (Phi) is 3.84. The van der Waals surface area contributed by atoms with Crippen molar-refractivity contribution in [2.45, 2.75) is 19.3 Å². The fourth-order valence-corrected chi connectivity index (χ4v) is 3.63. The Morgan fingerprint density at radius 2 is 1.80 bits per heavy atom. The highest BCUT2D eigenvalue weighted by Gasteiger charge is 2.30. The number of hydrogen-bond acceptors (Lipinski definition) is 5. The number of fused-ring (bicyclic) bond motifs is 2. The summed E-state index contributed by atoms with van der Waals surface area (Å²) in [4.78, 5) is 17.3. The smallest absolute Gasteiger partial charge is 0.236 e. The van der Waals surface area contributed by atoms with E-state index in [1.54, 1.807) is 0 Å². The standard InChI is InChI=1S/C19H18N2O3S/c1-19(2,12-6-4-3-5-7-12)17(22)21-18-20-13-10-14-15(11-16(13)25-18)24-9-8-23-14/h3-7,10-11H,8-9H2,1-2H3,(H,20,21,22). The van der Waals surface area contributed by atoms with Gasteiger partial charge in [-0.25, -0.2) is 4.98 Å². The van der Waals surface area contributed by atoms with E-state index in [4.69, 9.17) is 9.47 Å². The molecule has 1 aliphatic rings. The number of anilines is 1. The predicted octanol–water partition coefficient (Wildman–Crippen LogP) is 3.98. The monoisotopic (exact) mass is 354 g/mol. The molecule has 0 radical (unpaired) electrons. The Bertz CT molecular complexity index is 891. The Balaban J connectivity index is 1.61. The average molecular weight is 354 g/mol. The Hall–Kier alpha value is -2.60. The number of rotatable bonds is 3. The van der Waals surface area contributed by atoms with Gasteiger partial charge in [0.05, 0.1) is 15.6 Å². The number of carbonyl (C=O) groups is 1. The summed E-state index contributed by atoms with van der Waals surface area (Å²) in [7, 11) is 0. The molecule has 0 unspecified atom stereocenters. The fraction of sp³-hybridized carbons (Fsp3) is 0.263. The first-order chi connectivity index (χ1) is 12.0. The predicted molar refractivity (Wildman–Crippen MR) is 98.7 cm³/mol. The van der Waals surface area contributed by atoms with Crippen molar-refractivity contribution in [1.29, 1.82) is 0 Å². The second kappa shape index (κ2) is 6.04. The van der Waals surface area contributed by atoms with E-state index in [0.29, 0.717) is 24.1 Å². The van der Waals surface area contributed by atoms with Gasteiger partial charge in [-0.15, -0.1) is 0 Å². The van der Waals surface area contributed by atoms with Gasteiger partial charge in [0.15, 0.2) is 16.6 Å². The molecule has 0 saturated heterocycles. The molecule has 0 bridgehead atoms. The van der Waals surface area contributed by atoms with E-state index in [0.717, 1.165) is 21.5 Å². The topological polar surface area (TPSA) is 60.5 Å². The van der Waals surface area contributed by atoms with Crippen LogP contribution >= 0.6 is 11.3 Å². The minimum Gasteiger partial charge on any atom is -0.486 e. The average Bonchev–Trinajstić information content (AvgIpc) is 3.01. The molecular weight excluding hydrogens is 336 g/mol. The van der Waals surface area contributed by atoms with Gasteiger partial charge in [-0.3, -0.25) is 4.79 Å². The van der Waals surface area contributed by atoms with Crippen molar-refractivity contribution in [1.82, 2.24) is 4.98 Å². The van der Waals surface area contributed by atoms with Crippen molar-refractivity contribution >= 4 is 32.6 Å². The minimum atomic E-state index is -0.648. The second-order valence-electron chi connectivity index (χ2n) is 6.43. The second-order valence-corrected chi connectivity index (χ2v) is 7.46. The molecule has 5 nitrogen and oxygen atoms in total. The highest BCUT2D eigenvalue weighted by atomic mass is 32.1. The summed E-state index contributed by atoms with van der Waals surface area (Å²) >= 11 is 1.43. The summed E-state index contributed by atoms with van der Waals surface area (Å²) in [6.45, 7) is 4.90. The first kappa shape index (κ1) is 15.9. The number of benzene rings is 2. The van der Waals surface area contributed by atoms with E-state index < -0.39 is 5.41 Å². The number of nitrogens with zero attached hydrogens (tertiary/aromatic N) is 1. The molecule has 3 aromatic rings. The number of amides is 1. The lowest BCUT2D eigenvalue weighted by molar-refractivity contribution is -0.120. The van der Waals surface area contributed by atoms with Crippen LogP contribution in [-0.4, -0.2) is 24.1 Å². The lowest BCUT2D eigenvalue weighted by Gasteiger charge is -2.23. The zero-order valence-electron chi connectivity index (χ0n) is 14.0. The van der Waals surface area contributed by atoms with Crippen molar-refractivity contribution in [3.05, 3.63) is 48.0 Å². The van der Waals surface area contributed by atoms with Crippen LogP contribution < -0.4 is 14.8 Å². The molecule has 25 heavy (non-hydrogen) atoms. The van der Waals surface area contributed by atoms with E-state index in [1.807, 2.05) is 56.3 Å². The molecule has 2 aromatic carbocycles. The van der Waals surface area contributed by atoms with Crippen LogP contribution in [0.4, 0.5) is 5.13 Å². The van der Waals surface area contributed by atoms with Gasteiger partial charge in [0.25, 0.3) is 0 Å². The van der Waals surface area contributed by atoms with E-state index in [1.165, 1.54) is 11.3 Å². The van der Waals surface area contributed by atoms with Crippen LogP contribution in [0.2, 0.25) is 0 Å². The maximum Gasteiger partial charge on any atom is 0.236 e. The quantitative estimate of drug-likeness (QED) is 0.773. The highest BCUT2D eigenvalue weighted by Crippen LogP contribution is 2.38. The van der Waals surface area contributed by atoms with Gasteiger partial charge in [-0.1, -0.05) is 41.7 Å². The van der Waals surface area contributed by atoms with Crippen molar-refractivity contribution in [3.8, 4) is 11.5 Å². The molecule has 0 spiro atoms. The normalized spacial score (nSPS) is 13.7. The summed E-state index contributed by atoms with van der Waals surface area (Å²) in [6.07, 6.45) is 0. The Labute approximate surface area is 149 Å². The number of nitrogens with one attached hydrogen (secondary N) is 1. The third kappa shape index (κ3) is 2.93. The van der Waals surface area contributed by atoms with Crippen LogP contribution in [0.1, 0.15) is 19.4 Å². The van der Waals surface area contributed by atoms with Crippen molar-refractivity contribution in [2.75, 3.05) is 18.5 Å². The molecule has 1 amide bonds.